The number of hydrogen-bond donors (Lipinski definition) is 1. The molecule has 3 heteroatoms. The molecule has 1 heterocycles. The zero-order chi connectivity index (χ0) is 11.9. The molecule has 0 unspecified atom stereocenters. The molecule has 1 aromatic heterocycles. The van der Waals surface area contributed by atoms with E-state index in [2.05, 4.69) is 47.8 Å². The highest BCUT2D eigenvalue weighted by Gasteiger charge is 2.01. The van der Waals surface area contributed by atoms with E-state index in [0.717, 1.165) is 13.1 Å². The third-order valence-corrected chi connectivity index (χ3v) is 3.57. The van der Waals surface area contributed by atoms with Gasteiger partial charge in [0.1, 0.15) is 0 Å². The lowest BCUT2D eigenvalue weighted by atomic mass is 10.2. The van der Waals surface area contributed by atoms with Gasteiger partial charge in [0.15, 0.2) is 0 Å². The van der Waals surface area contributed by atoms with E-state index in [4.69, 9.17) is 5.26 Å². The average molecular weight is 242 g/mol. The molecule has 0 spiro atoms. The van der Waals surface area contributed by atoms with Crippen LogP contribution in [0.25, 0.3) is 10.4 Å². The molecule has 0 radical (unpaired) electrons. The van der Waals surface area contributed by atoms with Gasteiger partial charge in [-0.15, -0.1) is 11.3 Å². The summed E-state index contributed by atoms with van der Waals surface area (Å²) in [4.78, 5) is 2.60. The maximum Gasteiger partial charge on any atom is 0.0635 e. The monoisotopic (exact) mass is 242 g/mol. The third-order valence-electron chi connectivity index (χ3n) is 2.43. The molecule has 2 aromatic rings. The summed E-state index contributed by atoms with van der Waals surface area (Å²) in [5, 5.41) is 11.7. The van der Waals surface area contributed by atoms with Crippen LogP contribution >= 0.6 is 11.3 Å². The summed E-state index contributed by atoms with van der Waals surface area (Å²) in [5.41, 5.74) is 1.26. The lowest BCUT2D eigenvalue weighted by Gasteiger charge is -1.98. The summed E-state index contributed by atoms with van der Waals surface area (Å²) in [6.45, 7) is 1.61. The summed E-state index contributed by atoms with van der Waals surface area (Å²) in [6, 6.07) is 16.8. The van der Waals surface area contributed by atoms with E-state index in [9.17, 15) is 0 Å². The van der Waals surface area contributed by atoms with E-state index in [1.807, 2.05) is 6.07 Å². The van der Waals surface area contributed by atoms with Crippen molar-refractivity contribution < 1.29 is 0 Å². The van der Waals surface area contributed by atoms with Crippen molar-refractivity contribution in [1.82, 2.24) is 5.32 Å². The maximum atomic E-state index is 8.43. The zero-order valence-corrected chi connectivity index (χ0v) is 10.3. The molecule has 0 bridgehead atoms. The Kier molecular flexibility index (Phi) is 4.31. The number of benzene rings is 1. The molecule has 0 amide bonds. The highest BCUT2D eigenvalue weighted by molar-refractivity contribution is 7.15. The molecule has 0 fully saturated rings. The van der Waals surface area contributed by atoms with Crippen molar-refractivity contribution in [3.63, 3.8) is 0 Å². The highest BCUT2D eigenvalue weighted by Crippen LogP contribution is 2.27. The molecule has 86 valence electrons. The summed E-state index contributed by atoms with van der Waals surface area (Å²) in [7, 11) is 0. The average Bonchev–Trinajstić information content (AvgIpc) is 2.85. The van der Waals surface area contributed by atoms with Crippen LogP contribution in [-0.2, 0) is 6.54 Å². The van der Waals surface area contributed by atoms with Crippen molar-refractivity contribution in [3.8, 4) is 16.5 Å². The fourth-order valence-electron chi connectivity index (χ4n) is 1.59. The number of nitrogens with zero attached hydrogens (tertiary/aromatic N) is 1. The van der Waals surface area contributed by atoms with Gasteiger partial charge in [-0.2, -0.15) is 5.26 Å². The van der Waals surface area contributed by atoms with E-state index in [1.165, 1.54) is 15.3 Å². The molecule has 2 rings (SSSR count). The molecule has 0 aliphatic heterocycles. The molecule has 17 heavy (non-hydrogen) atoms. The normalized spacial score (nSPS) is 10.1. The Balaban J connectivity index is 1.95. The first-order valence-electron chi connectivity index (χ1n) is 5.62. The van der Waals surface area contributed by atoms with E-state index >= 15 is 0 Å². The Morgan fingerprint density at radius 2 is 1.94 bits per heavy atom. The molecule has 0 atom stereocenters. The lowest BCUT2D eigenvalue weighted by Crippen LogP contribution is -2.12. The van der Waals surface area contributed by atoms with Crippen molar-refractivity contribution in [2.75, 3.05) is 6.54 Å². The molecular formula is C14H14N2S. The van der Waals surface area contributed by atoms with E-state index < -0.39 is 0 Å². The molecule has 0 saturated heterocycles. The first kappa shape index (κ1) is 11.8. The van der Waals surface area contributed by atoms with Crippen LogP contribution in [0.4, 0.5) is 0 Å². The van der Waals surface area contributed by atoms with Crippen LogP contribution in [0, 0.1) is 11.3 Å². The minimum atomic E-state index is 0.566. The molecule has 1 aromatic carbocycles. The Morgan fingerprint density at radius 1 is 1.12 bits per heavy atom. The van der Waals surface area contributed by atoms with Gasteiger partial charge in [-0.3, -0.25) is 0 Å². The second kappa shape index (κ2) is 6.19. The second-order valence-corrected chi connectivity index (χ2v) is 4.89. The van der Waals surface area contributed by atoms with E-state index in [-0.39, 0.29) is 0 Å². The van der Waals surface area contributed by atoms with Crippen LogP contribution in [0.5, 0.6) is 0 Å². The largest absolute Gasteiger partial charge is 0.311 e. The van der Waals surface area contributed by atoms with Gasteiger partial charge in [-0.05, 0) is 17.7 Å². The van der Waals surface area contributed by atoms with Crippen LogP contribution in [0.3, 0.4) is 0 Å². The second-order valence-electron chi connectivity index (χ2n) is 3.72. The number of thiophene rings is 1. The SMILES string of the molecule is N#CCCNCc1ccc(-c2ccccc2)s1. The summed E-state index contributed by atoms with van der Waals surface area (Å²) >= 11 is 1.80. The van der Waals surface area contributed by atoms with Gasteiger partial charge in [0.05, 0.1) is 6.07 Å². The van der Waals surface area contributed by atoms with Gasteiger partial charge in [0.2, 0.25) is 0 Å². The maximum absolute atomic E-state index is 8.43. The van der Waals surface area contributed by atoms with E-state index in [1.54, 1.807) is 11.3 Å². The fraction of sp³-hybridized carbons (Fsp3) is 0.214. The topological polar surface area (TPSA) is 35.8 Å². The molecule has 1 N–H and O–H groups in total. The quantitative estimate of drug-likeness (QED) is 0.815. The number of nitrogens with one attached hydrogen (secondary N) is 1. The van der Waals surface area contributed by atoms with Gasteiger partial charge < -0.3 is 5.32 Å². The van der Waals surface area contributed by atoms with E-state index in [0.29, 0.717) is 6.42 Å². The van der Waals surface area contributed by atoms with Gasteiger partial charge in [-0.1, -0.05) is 30.3 Å². The highest BCUT2D eigenvalue weighted by atomic mass is 32.1. The van der Waals surface area contributed by atoms with Gasteiger partial charge in [0.25, 0.3) is 0 Å². The van der Waals surface area contributed by atoms with Crippen LogP contribution in [0.15, 0.2) is 42.5 Å². The van der Waals surface area contributed by atoms with Crippen molar-refractivity contribution in [2.24, 2.45) is 0 Å². The minimum absolute atomic E-state index is 0.566. The summed E-state index contributed by atoms with van der Waals surface area (Å²) < 4.78 is 0. The van der Waals surface area contributed by atoms with Gasteiger partial charge in [0, 0.05) is 29.3 Å². The molecular weight excluding hydrogens is 228 g/mol. The zero-order valence-electron chi connectivity index (χ0n) is 9.52. The smallest absolute Gasteiger partial charge is 0.0635 e. The third kappa shape index (κ3) is 3.42. The van der Waals surface area contributed by atoms with Crippen LogP contribution in [-0.4, -0.2) is 6.54 Å². The molecule has 0 aliphatic rings. The first-order chi connectivity index (χ1) is 8.40. The van der Waals surface area contributed by atoms with Gasteiger partial charge in [-0.25, -0.2) is 0 Å². The van der Waals surface area contributed by atoms with Crippen LogP contribution in [0.2, 0.25) is 0 Å². The number of hydrogen-bond acceptors (Lipinski definition) is 3. The van der Waals surface area contributed by atoms with Gasteiger partial charge >= 0.3 is 0 Å². The molecule has 0 saturated carbocycles. The first-order valence-corrected chi connectivity index (χ1v) is 6.43. The Hall–Kier alpha value is -1.63. The molecule has 2 nitrogen and oxygen atoms in total. The van der Waals surface area contributed by atoms with Crippen molar-refractivity contribution >= 4 is 11.3 Å². The Morgan fingerprint density at radius 3 is 2.71 bits per heavy atom. The summed E-state index contributed by atoms with van der Waals surface area (Å²) in [6.07, 6.45) is 0.566. The van der Waals surface area contributed by atoms with Crippen molar-refractivity contribution in [2.45, 2.75) is 13.0 Å². The lowest BCUT2D eigenvalue weighted by molar-refractivity contribution is 0.706. The fourth-order valence-corrected chi connectivity index (χ4v) is 2.57. The number of rotatable bonds is 5. The standard InChI is InChI=1S/C14H14N2S/c15-9-4-10-16-11-13-7-8-14(17-13)12-5-2-1-3-6-12/h1-3,5-8,16H,4,10-11H2. The van der Waals surface area contributed by atoms with Crippen LogP contribution < -0.4 is 5.32 Å². The van der Waals surface area contributed by atoms with Crippen LogP contribution in [0.1, 0.15) is 11.3 Å². The Labute approximate surface area is 106 Å². The number of nitriles is 1. The van der Waals surface area contributed by atoms with Crippen molar-refractivity contribution in [3.05, 3.63) is 47.3 Å². The molecule has 0 aliphatic carbocycles. The predicted molar refractivity (Wildman–Crippen MR) is 71.7 cm³/mol. The summed E-state index contributed by atoms with van der Waals surface area (Å²) in [5.74, 6) is 0. The minimum Gasteiger partial charge on any atom is -0.311 e. The Bertz CT molecular complexity index is 496. The predicted octanol–water partition coefficient (Wildman–Crippen LogP) is 3.42. The van der Waals surface area contributed by atoms with Crippen molar-refractivity contribution in [1.29, 1.82) is 5.26 Å².